The molecule has 3 heterocycles. The van der Waals surface area contributed by atoms with Crippen LogP contribution in [-0.2, 0) is 4.79 Å². The van der Waals surface area contributed by atoms with Crippen LogP contribution in [0.4, 0.5) is 0 Å². The molecule has 4 rings (SSSR count). The van der Waals surface area contributed by atoms with E-state index in [0.29, 0.717) is 21.0 Å². The van der Waals surface area contributed by atoms with E-state index in [2.05, 4.69) is 15.2 Å². The number of methoxy groups -OCH3 is 1. The zero-order valence-electron chi connectivity index (χ0n) is 13.6. The highest BCUT2D eigenvalue weighted by Gasteiger charge is 2.32. The first-order valence-corrected chi connectivity index (χ1v) is 8.46. The number of aliphatic carboxylic acids is 1. The average Bonchev–Trinajstić information content (AvgIpc) is 3.33. The van der Waals surface area contributed by atoms with Gasteiger partial charge in [0.05, 0.1) is 12.8 Å². The maximum Gasteiger partial charge on any atom is 0.328 e. The number of ether oxygens (including phenoxy) is 1. The highest BCUT2D eigenvalue weighted by molar-refractivity contribution is 7.14. The summed E-state index contributed by atoms with van der Waals surface area (Å²) in [5, 5.41) is 19.1. The van der Waals surface area contributed by atoms with Crippen LogP contribution in [0.5, 0.6) is 5.75 Å². The fourth-order valence-electron chi connectivity index (χ4n) is 2.69. The van der Waals surface area contributed by atoms with E-state index in [0.717, 1.165) is 16.9 Å². The van der Waals surface area contributed by atoms with Crippen molar-refractivity contribution < 1.29 is 14.6 Å². The van der Waals surface area contributed by atoms with Gasteiger partial charge in [0, 0.05) is 12.6 Å². The molecule has 1 aliphatic rings. The molecule has 26 heavy (non-hydrogen) atoms. The van der Waals surface area contributed by atoms with E-state index in [-0.39, 0.29) is 12.0 Å². The second-order valence-electron chi connectivity index (χ2n) is 5.57. The van der Waals surface area contributed by atoms with Crippen LogP contribution in [0.2, 0.25) is 0 Å². The number of hydrazone groups is 1. The topological polar surface area (TPSA) is 109 Å². The highest BCUT2D eigenvalue weighted by Crippen LogP contribution is 2.22. The van der Waals surface area contributed by atoms with Gasteiger partial charge in [-0.1, -0.05) is 11.3 Å². The van der Waals surface area contributed by atoms with Crippen LogP contribution < -0.4 is 14.8 Å². The van der Waals surface area contributed by atoms with Gasteiger partial charge < -0.3 is 9.84 Å². The van der Waals surface area contributed by atoms with Crippen LogP contribution in [-0.4, -0.2) is 49.5 Å². The molecule has 0 bridgehead atoms. The first-order chi connectivity index (χ1) is 12.6. The monoisotopic (exact) mass is 371 g/mol. The molecule has 0 aliphatic carbocycles. The lowest BCUT2D eigenvalue weighted by Gasteiger charge is -2.14. The van der Waals surface area contributed by atoms with Gasteiger partial charge in [-0.3, -0.25) is 9.80 Å². The van der Waals surface area contributed by atoms with Crippen molar-refractivity contribution in [3.8, 4) is 5.75 Å². The third kappa shape index (κ3) is 2.69. The number of rotatable bonds is 4. The Labute approximate surface area is 150 Å². The van der Waals surface area contributed by atoms with E-state index in [4.69, 9.17) is 4.74 Å². The predicted octanol–water partition coefficient (Wildman–Crippen LogP) is 0.180. The van der Waals surface area contributed by atoms with Gasteiger partial charge in [0.1, 0.15) is 16.6 Å². The maximum atomic E-state index is 12.3. The van der Waals surface area contributed by atoms with Crippen molar-refractivity contribution in [3.05, 3.63) is 51.0 Å². The van der Waals surface area contributed by atoms with Gasteiger partial charge >= 0.3 is 5.97 Å². The van der Waals surface area contributed by atoms with Crippen molar-refractivity contribution in [2.45, 2.75) is 12.5 Å². The zero-order chi connectivity index (χ0) is 18.3. The van der Waals surface area contributed by atoms with Gasteiger partial charge in [-0.2, -0.15) is 14.7 Å². The molecular formula is C16H13N5O4S. The number of carbonyl (C=O) groups is 1. The first kappa shape index (κ1) is 16.2. The van der Waals surface area contributed by atoms with Gasteiger partial charge in [0.25, 0.3) is 5.56 Å². The summed E-state index contributed by atoms with van der Waals surface area (Å²) in [7, 11) is 1.58. The summed E-state index contributed by atoms with van der Waals surface area (Å²) in [6.45, 7) is 0. The molecule has 9 nitrogen and oxygen atoms in total. The Kier molecular flexibility index (Phi) is 3.88. The molecule has 0 saturated carbocycles. The molecule has 10 heteroatoms. The molecule has 1 unspecified atom stereocenters. The van der Waals surface area contributed by atoms with Crippen molar-refractivity contribution >= 4 is 34.2 Å². The quantitative estimate of drug-likeness (QED) is 0.697. The van der Waals surface area contributed by atoms with Gasteiger partial charge in [0.15, 0.2) is 6.04 Å². The van der Waals surface area contributed by atoms with Crippen molar-refractivity contribution in [2.24, 2.45) is 5.10 Å². The lowest BCUT2D eigenvalue weighted by atomic mass is 10.0. The van der Waals surface area contributed by atoms with Gasteiger partial charge in [-0.25, -0.2) is 9.78 Å². The minimum atomic E-state index is -1.01. The predicted molar refractivity (Wildman–Crippen MR) is 94.2 cm³/mol. The molecule has 1 N–H and O–H groups in total. The van der Waals surface area contributed by atoms with E-state index >= 15 is 0 Å². The van der Waals surface area contributed by atoms with E-state index in [9.17, 15) is 14.7 Å². The van der Waals surface area contributed by atoms with Crippen molar-refractivity contribution in [1.82, 2.24) is 19.6 Å². The normalized spacial score (nSPS) is 17.7. The Morgan fingerprint density at radius 1 is 1.38 bits per heavy atom. The molecule has 132 valence electrons. The second-order valence-corrected chi connectivity index (χ2v) is 6.58. The molecule has 0 amide bonds. The molecule has 0 radical (unpaired) electrons. The lowest BCUT2D eigenvalue weighted by Crippen LogP contribution is -2.34. The molecule has 0 saturated heterocycles. The van der Waals surface area contributed by atoms with Crippen LogP contribution in [0, 0.1) is 0 Å². The van der Waals surface area contributed by atoms with Crippen molar-refractivity contribution in [2.75, 3.05) is 7.11 Å². The smallest absolute Gasteiger partial charge is 0.328 e. The number of hydrogen-bond acceptors (Lipinski definition) is 8. The summed E-state index contributed by atoms with van der Waals surface area (Å²) < 4.78 is 6.63. The van der Waals surface area contributed by atoms with Gasteiger partial charge in [-0.15, -0.1) is 0 Å². The lowest BCUT2D eigenvalue weighted by molar-refractivity contribution is -0.141. The highest BCUT2D eigenvalue weighted by atomic mass is 32.1. The number of fused-ring (bicyclic) bond motifs is 1. The van der Waals surface area contributed by atoms with E-state index in [1.54, 1.807) is 19.2 Å². The van der Waals surface area contributed by atoms with Crippen molar-refractivity contribution in [1.29, 1.82) is 0 Å². The fraction of sp³-hybridized carbons (Fsp3) is 0.188. The minimum Gasteiger partial charge on any atom is -0.497 e. The summed E-state index contributed by atoms with van der Waals surface area (Å²) in [6.07, 6.45) is 2.97. The summed E-state index contributed by atoms with van der Waals surface area (Å²) in [5.74, 6) is -0.309. The van der Waals surface area contributed by atoms with Crippen LogP contribution in [0.1, 0.15) is 12.0 Å². The SMILES string of the molecule is COc1ccc(C2=NN(/C=c3\sc4ncnn4c3=O)C(C(=O)O)C2)cc1. The first-order valence-electron chi connectivity index (χ1n) is 7.64. The number of aromatic nitrogens is 3. The van der Waals surface area contributed by atoms with Gasteiger partial charge in [0.2, 0.25) is 4.96 Å². The molecule has 3 aromatic rings. The Bertz CT molecular complexity index is 1120. The zero-order valence-corrected chi connectivity index (χ0v) is 14.4. The van der Waals surface area contributed by atoms with Crippen LogP contribution in [0.15, 0.2) is 40.5 Å². The summed E-state index contributed by atoms with van der Waals surface area (Å²) in [6, 6.07) is 6.34. The van der Waals surface area contributed by atoms with E-state index < -0.39 is 12.0 Å². The Morgan fingerprint density at radius 2 is 2.15 bits per heavy atom. The maximum absolute atomic E-state index is 12.3. The van der Waals surface area contributed by atoms with Gasteiger partial charge in [-0.05, 0) is 29.8 Å². The molecule has 1 aromatic carbocycles. The number of benzene rings is 1. The fourth-order valence-corrected chi connectivity index (χ4v) is 3.54. The Balaban J connectivity index is 1.74. The van der Waals surface area contributed by atoms with Crippen LogP contribution >= 0.6 is 11.3 Å². The standard InChI is InChI=1S/C16H13N5O4S/c1-25-10-4-2-9(3-5-10)11-6-12(15(23)24)20(19-11)7-13-14(22)21-16(26-13)17-8-18-21/h2-5,7-8,12H,6H2,1H3,(H,23,24)/b13-7-. The van der Waals surface area contributed by atoms with Crippen molar-refractivity contribution in [3.63, 3.8) is 0 Å². The molecule has 0 fully saturated rings. The molecule has 0 spiro atoms. The molecular weight excluding hydrogens is 358 g/mol. The summed E-state index contributed by atoms with van der Waals surface area (Å²) >= 11 is 1.13. The van der Waals surface area contributed by atoms with Crippen LogP contribution in [0.25, 0.3) is 11.2 Å². The molecule has 1 aliphatic heterocycles. The van der Waals surface area contributed by atoms with E-state index in [1.165, 1.54) is 22.1 Å². The number of hydrogen-bond donors (Lipinski definition) is 1. The Morgan fingerprint density at radius 3 is 2.81 bits per heavy atom. The summed E-state index contributed by atoms with van der Waals surface area (Å²) in [5.41, 5.74) is 1.08. The Hall–Kier alpha value is -3.27. The average molecular weight is 371 g/mol. The third-order valence-corrected chi connectivity index (χ3v) is 4.98. The van der Waals surface area contributed by atoms with Crippen LogP contribution in [0.3, 0.4) is 0 Å². The number of carboxylic acids is 1. The second kappa shape index (κ2) is 6.23. The number of carboxylic acid groups (broad SMARTS) is 1. The molecule has 2 aromatic heterocycles. The van der Waals surface area contributed by atoms with E-state index in [1.807, 2.05) is 12.1 Å². The largest absolute Gasteiger partial charge is 0.497 e. The summed E-state index contributed by atoms with van der Waals surface area (Å²) in [4.78, 5) is 28.3. The minimum absolute atomic E-state index is 0.229. The third-order valence-electron chi connectivity index (χ3n) is 4.02. The number of nitrogens with zero attached hydrogens (tertiary/aromatic N) is 5. The molecule has 1 atom stereocenters. The number of thiazole rings is 1.